The number of carbonyl (C=O) groups excluding carboxylic acids is 1. The quantitative estimate of drug-likeness (QED) is 0.622. The molecule has 1 atom stereocenters. The summed E-state index contributed by atoms with van der Waals surface area (Å²) in [4.78, 5) is 36.4. The average Bonchev–Trinajstić information content (AvgIpc) is 2.97. The lowest BCUT2D eigenvalue weighted by Crippen LogP contribution is -2.39. The maximum absolute atomic E-state index is 13.2. The Morgan fingerprint density at radius 1 is 1.14 bits per heavy atom. The summed E-state index contributed by atoms with van der Waals surface area (Å²) >= 11 is 3.39. The van der Waals surface area contributed by atoms with Crippen molar-refractivity contribution in [3.8, 4) is 0 Å². The van der Waals surface area contributed by atoms with Crippen molar-refractivity contribution in [2.24, 2.45) is 0 Å². The molecule has 0 N–H and O–H groups in total. The molecule has 0 spiro atoms. The van der Waals surface area contributed by atoms with Crippen molar-refractivity contribution in [2.45, 2.75) is 38.3 Å². The lowest BCUT2D eigenvalue weighted by Gasteiger charge is -2.30. The van der Waals surface area contributed by atoms with Crippen LogP contribution in [0.4, 0.5) is 0 Å². The topological polar surface area (TPSA) is 68.1 Å². The summed E-state index contributed by atoms with van der Waals surface area (Å²) in [6, 6.07) is 9.35. The van der Waals surface area contributed by atoms with Gasteiger partial charge >= 0.3 is 0 Å². The molecular weight excluding hydrogens is 420 g/mol. The number of aromatic nitrogens is 3. The van der Waals surface area contributed by atoms with Crippen LogP contribution in [0.1, 0.15) is 37.3 Å². The van der Waals surface area contributed by atoms with Gasteiger partial charge in [0.2, 0.25) is 5.91 Å². The molecule has 0 saturated carbocycles. The number of amides is 1. The van der Waals surface area contributed by atoms with Crippen LogP contribution in [-0.4, -0.2) is 31.9 Å². The third-order valence-electron chi connectivity index (χ3n) is 5.26. The van der Waals surface area contributed by atoms with Crippen LogP contribution in [0.25, 0.3) is 10.9 Å². The van der Waals surface area contributed by atoms with Crippen LogP contribution in [0.3, 0.4) is 0 Å². The highest BCUT2D eigenvalue weighted by Gasteiger charge is 2.27. The zero-order valence-corrected chi connectivity index (χ0v) is 17.0. The predicted octanol–water partition coefficient (Wildman–Crippen LogP) is 3.70. The third-order valence-corrected chi connectivity index (χ3v) is 5.75. The van der Waals surface area contributed by atoms with E-state index in [0.717, 1.165) is 35.7 Å². The number of hydrogen-bond donors (Lipinski definition) is 0. The molecule has 4 rings (SSSR count). The van der Waals surface area contributed by atoms with Crippen LogP contribution in [0, 0.1) is 0 Å². The summed E-state index contributed by atoms with van der Waals surface area (Å²) in [6.45, 7) is 0.697. The first-order valence-corrected chi connectivity index (χ1v) is 10.3. The highest BCUT2D eigenvalue weighted by atomic mass is 79.9. The van der Waals surface area contributed by atoms with Gasteiger partial charge < -0.3 is 4.90 Å². The van der Waals surface area contributed by atoms with Gasteiger partial charge in [0.1, 0.15) is 6.54 Å². The molecule has 0 bridgehead atoms. The average molecular weight is 441 g/mol. The Bertz CT molecular complexity index is 1050. The SMILES string of the molecule is O=C(Cn1cnc2ccc(Br)cc2c1=O)N1CCCCCC1c1ccncc1. The minimum absolute atomic E-state index is 0.00410. The Morgan fingerprint density at radius 3 is 2.79 bits per heavy atom. The fourth-order valence-corrected chi connectivity index (χ4v) is 4.18. The Labute approximate surface area is 171 Å². The highest BCUT2D eigenvalue weighted by Crippen LogP contribution is 2.30. The van der Waals surface area contributed by atoms with Crippen molar-refractivity contribution in [3.63, 3.8) is 0 Å². The summed E-state index contributed by atoms with van der Waals surface area (Å²) in [5, 5.41) is 0.506. The van der Waals surface area contributed by atoms with Gasteiger partial charge in [-0.05, 0) is 48.7 Å². The van der Waals surface area contributed by atoms with Gasteiger partial charge in [0.15, 0.2) is 0 Å². The molecule has 6 nitrogen and oxygen atoms in total. The zero-order valence-electron chi connectivity index (χ0n) is 15.4. The minimum atomic E-state index is -0.199. The molecule has 1 aromatic carbocycles. The molecular formula is C21H21BrN4O2. The molecule has 1 fully saturated rings. The second kappa shape index (κ2) is 8.22. The van der Waals surface area contributed by atoms with Crippen LogP contribution >= 0.6 is 15.9 Å². The number of hydrogen-bond acceptors (Lipinski definition) is 4. The molecule has 144 valence electrons. The molecule has 1 unspecified atom stereocenters. The Morgan fingerprint density at radius 2 is 1.96 bits per heavy atom. The number of fused-ring (bicyclic) bond motifs is 1. The normalized spacial score (nSPS) is 17.5. The molecule has 1 aliphatic rings. The number of halogens is 1. The monoisotopic (exact) mass is 440 g/mol. The predicted molar refractivity (Wildman–Crippen MR) is 111 cm³/mol. The van der Waals surface area contributed by atoms with E-state index in [1.165, 1.54) is 10.9 Å². The molecule has 0 aliphatic carbocycles. The van der Waals surface area contributed by atoms with E-state index in [1.54, 1.807) is 24.5 Å². The number of benzene rings is 1. The number of likely N-dealkylation sites (tertiary alicyclic amines) is 1. The number of nitrogens with zero attached hydrogens (tertiary/aromatic N) is 4. The van der Waals surface area contributed by atoms with Gasteiger partial charge in [-0.3, -0.25) is 19.1 Å². The van der Waals surface area contributed by atoms with Crippen molar-refractivity contribution in [1.82, 2.24) is 19.4 Å². The molecule has 3 heterocycles. The first-order chi connectivity index (χ1) is 13.6. The number of pyridine rings is 1. The summed E-state index contributed by atoms with van der Waals surface area (Å²) in [5.74, 6) is -0.0537. The van der Waals surface area contributed by atoms with Crippen LogP contribution < -0.4 is 5.56 Å². The second-order valence-electron chi connectivity index (χ2n) is 7.07. The van der Waals surface area contributed by atoms with Gasteiger partial charge in [-0.15, -0.1) is 0 Å². The van der Waals surface area contributed by atoms with Crippen molar-refractivity contribution >= 4 is 32.7 Å². The standard InChI is InChI=1S/C21H21BrN4O2/c22-16-5-6-18-17(12-16)21(28)25(14-24-18)13-20(27)26-11-3-1-2-4-19(26)15-7-9-23-10-8-15/h5-10,12,14,19H,1-4,11,13H2. The fourth-order valence-electron chi connectivity index (χ4n) is 3.82. The van der Waals surface area contributed by atoms with E-state index in [1.807, 2.05) is 23.1 Å². The molecule has 1 saturated heterocycles. The van der Waals surface area contributed by atoms with E-state index < -0.39 is 0 Å². The Kier molecular flexibility index (Phi) is 5.52. The smallest absolute Gasteiger partial charge is 0.261 e. The van der Waals surface area contributed by atoms with Crippen LogP contribution in [0.2, 0.25) is 0 Å². The first kappa shape index (κ1) is 18.8. The molecule has 0 radical (unpaired) electrons. The van der Waals surface area contributed by atoms with E-state index in [4.69, 9.17) is 0 Å². The third kappa shape index (κ3) is 3.85. The molecule has 3 aromatic rings. The first-order valence-electron chi connectivity index (χ1n) is 9.47. The molecule has 1 amide bonds. The maximum Gasteiger partial charge on any atom is 0.261 e. The van der Waals surface area contributed by atoms with E-state index >= 15 is 0 Å². The van der Waals surface area contributed by atoms with Gasteiger partial charge in [0, 0.05) is 23.4 Å². The van der Waals surface area contributed by atoms with Gasteiger partial charge in [-0.25, -0.2) is 4.98 Å². The minimum Gasteiger partial charge on any atom is -0.334 e. The van der Waals surface area contributed by atoms with Crippen molar-refractivity contribution in [1.29, 1.82) is 0 Å². The molecule has 7 heteroatoms. The van der Waals surface area contributed by atoms with E-state index in [9.17, 15) is 9.59 Å². The van der Waals surface area contributed by atoms with Gasteiger partial charge in [-0.2, -0.15) is 0 Å². The summed E-state index contributed by atoms with van der Waals surface area (Å²) in [7, 11) is 0. The lowest BCUT2D eigenvalue weighted by molar-refractivity contribution is -0.134. The zero-order chi connectivity index (χ0) is 19.5. The van der Waals surface area contributed by atoms with Crippen molar-refractivity contribution < 1.29 is 4.79 Å². The van der Waals surface area contributed by atoms with E-state index in [2.05, 4.69) is 25.9 Å². The molecule has 28 heavy (non-hydrogen) atoms. The van der Waals surface area contributed by atoms with Crippen LogP contribution in [0.15, 0.2) is 58.3 Å². The largest absolute Gasteiger partial charge is 0.334 e. The van der Waals surface area contributed by atoms with E-state index in [-0.39, 0.29) is 24.1 Å². The van der Waals surface area contributed by atoms with Gasteiger partial charge in [0.25, 0.3) is 5.56 Å². The number of rotatable bonds is 3. The van der Waals surface area contributed by atoms with Gasteiger partial charge in [0.05, 0.1) is 23.3 Å². The molecule has 1 aliphatic heterocycles. The fraction of sp³-hybridized carbons (Fsp3) is 0.333. The maximum atomic E-state index is 13.2. The Balaban J connectivity index is 1.63. The summed E-state index contributed by atoms with van der Waals surface area (Å²) < 4.78 is 2.22. The summed E-state index contributed by atoms with van der Waals surface area (Å²) in [5.41, 5.74) is 1.52. The van der Waals surface area contributed by atoms with Crippen LogP contribution in [0.5, 0.6) is 0 Å². The van der Waals surface area contributed by atoms with E-state index in [0.29, 0.717) is 17.4 Å². The Hall–Kier alpha value is -2.54. The number of carbonyl (C=O) groups is 1. The lowest BCUT2D eigenvalue weighted by atomic mass is 10.0. The molecule has 2 aromatic heterocycles. The van der Waals surface area contributed by atoms with Crippen molar-refractivity contribution in [2.75, 3.05) is 6.54 Å². The van der Waals surface area contributed by atoms with Crippen LogP contribution in [-0.2, 0) is 11.3 Å². The highest BCUT2D eigenvalue weighted by molar-refractivity contribution is 9.10. The summed E-state index contributed by atoms with van der Waals surface area (Å²) in [6.07, 6.45) is 9.09. The van der Waals surface area contributed by atoms with Gasteiger partial charge in [-0.1, -0.05) is 28.8 Å². The second-order valence-corrected chi connectivity index (χ2v) is 7.99. The van der Waals surface area contributed by atoms with Crippen molar-refractivity contribution in [3.05, 3.63) is 69.4 Å².